The number of carboxylic acids is 1. The number of hydrogen-bond donors (Lipinski definition) is 1. The van der Waals surface area contributed by atoms with E-state index in [0.29, 0.717) is 5.56 Å². The molecule has 0 bridgehead atoms. The molecule has 1 aromatic carbocycles. The molecule has 0 spiro atoms. The fourth-order valence-electron chi connectivity index (χ4n) is 2.37. The smallest absolute Gasteiger partial charge is 0.335 e. The van der Waals surface area contributed by atoms with Crippen molar-refractivity contribution in [2.75, 3.05) is 13.1 Å². The predicted molar refractivity (Wildman–Crippen MR) is 72.2 cm³/mol. The van der Waals surface area contributed by atoms with Gasteiger partial charge in [0.1, 0.15) is 0 Å². The molecular weight excluding hydrogens is 256 g/mol. The molecule has 1 saturated heterocycles. The minimum Gasteiger partial charge on any atom is -0.478 e. The minimum absolute atomic E-state index is 0.00337. The maximum atomic E-state index is 12.0. The molecule has 104 valence electrons. The Bertz CT molecular complexity index is 539. The van der Waals surface area contributed by atoms with E-state index in [-0.39, 0.29) is 17.9 Å². The molecule has 0 radical (unpaired) electrons. The van der Waals surface area contributed by atoms with E-state index >= 15 is 0 Å². The van der Waals surface area contributed by atoms with Crippen molar-refractivity contribution in [1.82, 2.24) is 4.90 Å². The van der Waals surface area contributed by atoms with Gasteiger partial charge in [0, 0.05) is 19.5 Å². The Balaban J connectivity index is 2.06. The van der Waals surface area contributed by atoms with Crippen LogP contribution < -0.4 is 0 Å². The Morgan fingerprint density at radius 3 is 2.35 bits per heavy atom. The molecule has 0 saturated carbocycles. The second kappa shape index (κ2) is 6.20. The van der Waals surface area contributed by atoms with Crippen molar-refractivity contribution >= 4 is 11.9 Å². The Hall–Kier alpha value is -2.35. The molecule has 20 heavy (non-hydrogen) atoms. The first-order chi connectivity index (χ1) is 9.61. The summed E-state index contributed by atoms with van der Waals surface area (Å²) >= 11 is 0. The lowest BCUT2D eigenvalue weighted by atomic mass is 9.95. The van der Waals surface area contributed by atoms with Crippen LogP contribution in [0.25, 0.3) is 0 Å². The van der Waals surface area contributed by atoms with Crippen LogP contribution in [0.5, 0.6) is 0 Å². The molecule has 5 nitrogen and oxygen atoms in total. The van der Waals surface area contributed by atoms with Gasteiger partial charge in [-0.2, -0.15) is 5.26 Å². The first kappa shape index (κ1) is 14.1. The zero-order valence-corrected chi connectivity index (χ0v) is 11.1. The van der Waals surface area contributed by atoms with Gasteiger partial charge in [-0.05, 0) is 30.5 Å². The van der Waals surface area contributed by atoms with Crippen molar-refractivity contribution in [2.24, 2.45) is 0 Å². The van der Waals surface area contributed by atoms with Crippen molar-refractivity contribution in [1.29, 1.82) is 5.26 Å². The van der Waals surface area contributed by atoms with Crippen LogP contribution in [0.4, 0.5) is 0 Å². The van der Waals surface area contributed by atoms with E-state index in [4.69, 9.17) is 5.11 Å². The van der Waals surface area contributed by atoms with Crippen LogP contribution in [-0.4, -0.2) is 35.0 Å². The molecule has 2 rings (SSSR count). The first-order valence-electron chi connectivity index (χ1n) is 6.62. The van der Waals surface area contributed by atoms with Gasteiger partial charge in [-0.1, -0.05) is 12.1 Å². The number of hydrogen-bond acceptors (Lipinski definition) is 3. The van der Waals surface area contributed by atoms with Crippen LogP contribution in [0.15, 0.2) is 24.3 Å². The number of likely N-dealkylation sites (tertiary alicyclic amines) is 1. The average molecular weight is 272 g/mol. The van der Waals surface area contributed by atoms with Crippen molar-refractivity contribution in [3.8, 4) is 6.07 Å². The molecule has 1 unspecified atom stereocenters. The summed E-state index contributed by atoms with van der Waals surface area (Å²) in [5, 5.41) is 18.0. The number of nitriles is 1. The van der Waals surface area contributed by atoms with Crippen molar-refractivity contribution in [3.05, 3.63) is 35.4 Å². The fourth-order valence-corrected chi connectivity index (χ4v) is 2.37. The van der Waals surface area contributed by atoms with Gasteiger partial charge in [-0.25, -0.2) is 4.79 Å². The summed E-state index contributed by atoms with van der Waals surface area (Å²) in [5.41, 5.74) is 0.862. The van der Waals surface area contributed by atoms with E-state index < -0.39 is 11.9 Å². The zero-order chi connectivity index (χ0) is 14.5. The molecule has 1 aliphatic rings. The molecule has 1 aliphatic heterocycles. The van der Waals surface area contributed by atoms with Gasteiger partial charge in [0.15, 0.2) is 0 Å². The van der Waals surface area contributed by atoms with E-state index in [0.717, 1.165) is 25.9 Å². The molecule has 1 atom stereocenters. The lowest BCUT2D eigenvalue weighted by Gasteiger charge is -2.17. The monoisotopic (exact) mass is 272 g/mol. The third-order valence-corrected chi connectivity index (χ3v) is 3.55. The van der Waals surface area contributed by atoms with Crippen LogP contribution in [0.2, 0.25) is 0 Å². The van der Waals surface area contributed by atoms with E-state index in [1.165, 1.54) is 12.1 Å². The Kier molecular flexibility index (Phi) is 4.36. The summed E-state index contributed by atoms with van der Waals surface area (Å²) in [7, 11) is 0. The molecule has 0 aliphatic carbocycles. The maximum absolute atomic E-state index is 12.0. The van der Waals surface area contributed by atoms with Gasteiger partial charge in [-0.15, -0.1) is 0 Å². The Labute approximate surface area is 117 Å². The van der Waals surface area contributed by atoms with Gasteiger partial charge >= 0.3 is 5.97 Å². The third-order valence-electron chi connectivity index (χ3n) is 3.55. The van der Waals surface area contributed by atoms with Gasteiger partial charge in [0.25, 0.3) is 0 Å². The molecule has 0 aromatic heterocycles. The summed E-state index contributed by atoms with van der Waals surface area (Å²) in [6.07, 6.45) is 2.20. The van der Waals surface area contributed by atoms with Gasteiger partial charge in [0.2, 0.25) is 5.91 Å². The van der Waals surface area contributed by atoms with Crippen molar-refractivity contribution in [3.63, 3.8) is 0 Å². The van der Waals surface area contributed by atoms with Crippen LogP contribution in [-0.2, 0) is 4.79 Å². The van der Waals surface area contributed by atoms with Crippen molar-refractivity contribution in [2.45, 2.75) is 25.2 Å². The van der Waals surface area contributed by atoms with Crippen LogP contribution in [0.1, 0.15) is 41.1 Å². The molecule has 1 fully saturated rings. The molecule has 1 heterocycles. The summed E-state index contributed by atoms with van der Waals surface area (Å²) in [6, 6.07) is 8.26. The normalized spacial score (nSPS) is 15.7. The fraction of sp³-hybridized carbons (Fsp3) is 0.400. The van der Waals surface area contributed by atoms with E-state index in [1.54, 1.807) is 17.0 Å². The first-order valence-corrected chi connectivity index (χ1v) is 6.62. The molecule has 1 amide bonds. The van der Waals surface area contributed by atoms with Crippen LogP contribution in [0, 0.1) is 11.3 Å². The van der Waals surface area contributed by atoms with Crippen LogP contribution >= 0.6 is 0 Å². The quantitative estimate of drug-likeness (QED) is 0.909. The highest BCUT2D eigenvalue weighted by Gasteiger charge is 2.22. The Morgan fingerprint density at radius 1 is 1.25 bits per heavy atom. The summed E-state index contributed by atoms with van der Waals surface area (Å²) in [4.78, 5) is 24.6. The molecule has 1 N–H and O–H groups in total. The maximum Gasteiger partial charge on any atom is 0.335 e. The number of benzene rings is 1. The SMILES string of the molecule is N#CC(CC(=O)N1CCCC1)c1ccc(C(=O)O)cc1. The zero-order valence-electron chi connectivity index (χ0n) is 11.1. The number of rotatable bonds is 4. The molecule has 5 heteroatoms. The predicted octanol–water partition coefficient (Wildman–Crippen LogP) is 2.00. The van der Waals surface area contributed by atoms with E-state index in [1.807, 2.05) is 0 Å². The minimum atomic E-state index is -1.00. The molecular formula is C15H16N2O3. The average Bonchev–Trinajstić information content (AvgIpc) is 2.99. The third kappa shape index (κ3) is 3.15. The second-order valence-electron chi connectivity index (χ2n) is 4.90. The number of nitrogens with zero attached hydrogens (tertiary/aromatic N) is 2. The highest BCUT2D eigenvalue weighted by molar-refractivity contribution is 5.87. The molecule has 1 aromatic rings. The van der Waals surface area contributed by atoms with E-state index in [9.17, 15) is 14.9 Å². The standard InChI is InChI=1S/C15H16N2O3/c16-10-13(9-14(18)17-7-1-2-8-17)11-3-5-12(6-4-11)15(19)20/h3-6,13H,1-2,7-9H2,(H,19,20). The second-order valence-corrected chi connectivity index (χ2v) is 4.90. The number of aromatic carboxylic acids is 1. The lowest BCUT2D eigenvalue weighted by Crippen LogP contribution is -2.28. The topological polar surface area (TPSA) is 81.4 Å². The van der Waals surface area contributed by atoms with E-state index in [2.05, 4.69) is 6.07 Å². The van der Waals surface area contributed by atoms with Gasteiger partial charge in [-0.3, -0.25) is 4.79 Å². The van der Waals surface area contributed by atoms with Crippen LogP contribution in [0.3, 0.4) is 0 Å². The summed E-state index contributed by atoms with van der Waals surface area (Å²) < 4.78 is 0. The van der Waals surface area contributed by atoms with Gasteiger partial charge < -0.3 is 10.0 Å². The number of carbonyl (C=O) groups excluding carboxylic acids is 1. The lowest BCUT2D eigenvalue weighted by molar-refractivity contribution is -0.130. The number of carbonyl (C=O) groups is 2. The Morgan fingerprint density at radius 2 is 1.85 bits per heavy atom. The number of carboxylic acid groups (broad SMARTS) is 1. The summed E-state index contributed by atoms with van der Waals surface area (Å²) in [5.74, 6) is -1.53. The largest absolute Gasteiger partial charge is 0.478 e. The number of amides is 1. The van der Waals surface area contributed by atoms with Gasteiger partial charge in [0.05, 0.1) is 17.6 Å². The highest BCUT2D eigenvalue weighted by atomic mass is 16.4. The highest BCUT2D eigenvalue weighted by Crippen LogP contribution is 2.22. The van der Waals surface area contributed by atoms with Crippen molar-refractivity contribution < 1.29 is 14.7 Å². The summed E-state index contributed by atoms with van der Waals surface area (Å²) in [6.45, 7) is 1.55.